The fourth-order valence-electron chi connectivity index (χ4n) is 2.20. The highest BCUT2D eigenvalue weighted by Crippen LogP contribution is 2.29. The van der Waals surface area contributed by atoms with Gasteiger partial charge in [-0.1, -0.05) is 6.92 Å². The molecule has 0 aromatic carbocycles. The van der Waals surface area contributed by atoms with Crippen LogP contribution in [0.3, 0.4) is 0 Å². The van der Waals surface area contributed by atoms with Crippen molar-refractivity contribution in [2.75, 3.05) is 6.54 Å². The topological polar surface area (TPSA) is 21.3 Å². The van der Waals surface area contributed by atoms with Gasteiger partial charge in [0.05, 0.1) is 6.10 Å². The molecule has 2 nitrogen and oxygen atoms in total. The molecule has 2 rings (SSSR count). The zero-order valence-electron chi connectivity index (χ0n) is 10.3. The number of ether oxygens (including phenoxy) is 1. The van der Waals surface area contributed by atoms with E-state index in [0.717, 1.165) is 19.4 Å². The summed E-state index contributed by atoms with van der Waals surface area (Å²) in [5.74, 6) is 0. The average molecular weight is 239 g/mol. The third-order valence-electron chi connectivity index (χ3n) is 3.08. The Balaban J connectivity index is 2.07. The molecule has 1 aromatic heterocycles. The second kappa shape index (κ2) is 5.30. The molecule has 16 heavy (non-hydrogen) atoms. The fraction of sp³-hybridized carbons (Fsp3) is 0.692. The Morgan fingerprint density at radius 1 is 1.44 bits per heavy atom. The molecule has 0 spiro atoms. The molecule has 0 bridgehead atoms. The normalized spacial score (nSPS) is 31.3. The summed E-state index contributed by atoms with van der Waals surface area (Å²) in [7, 11) is 0. The van der Waals surface area contributed by atoms with Gasteiger partial charge >= 0.3 is 0 Å². The minimum atomic E-state index is 0.241. The van der Waals surface area contributed by atoms with Gasteiger partial charge in [0.2, 0.25) is 0 Å². The first-order valence-corrected chi connectivity index (χ1v) is 6.98. The van der Waals surface area contributed by atoms with Gasteiger partial charge in [0.15, 0.2) is 0 Å². The van der Waals surface area contributed by atoms with Gasteiger partial charge in [-0.05, 0) is 38.8 Å². The van der Waals surface area contributed by atoms with Crippen molar-refractivity contribution in [2.45, 2.75) is 51.9 Å². The van der Waals surface area contributed by atoms with Crippen LogP contribution in [0.5, 0.6) is 0 Å². The van der Waals surface area contributed by atoms with Gasteiger partial charge in [0.1, 0.15) is 6.10 Å². The molecule has 1 saturated heterocycles. The molecule has 1 aromatic rings. The van der Waals surface area contributed by atoms with Gasteiger partial charge in [0, 0.05) is 22.3 Å². The zero-order valence-corrected chi connectivity index (χ0v) is 11.1. The van der Waals surface area contributed by atoms with E-state index in [9.17, 15) is 0 Å². The predicted molar refractivity (Wildman–Crippen MR) is 69.1 cm³/mol. The Hall–Kier alpha value is -0.380. The van der Waals surface area contributed by atoms with Gasteiger partial charge in [0.25, 0.3) is 0 Å². The van der Waals surface area contributed by atoms with Gasteiger partial charge in [-0.3, -0.25) is 0 Å². The van der Waals surface area contributed by atoms with E-state index < -0.39 is 0 Å². The lowest BCUT2D eigenvalue weighted by Crippen LogP contribution is -2.27. The monoisotopic (exact) mass is 239 g/mol. The van der Waals surface area contributed by atoms with E-state index >= 15 is 0 Å². The highest BCUT2D eigenvalue weighted by Gasteiger charge is 2.23. The molecule has 1 aliphatic rings. The molecule has 0 saturated carbocycles. The summed E-state index contributed by atoms with van der Waals surface area (Å²) < 4.78 is 6.07. The van der Waals surface area contributed by atoms with E-state index in [1.54, 1.807) is 0 Å². The molecule has 3 heteroatoms. The van der Waals surface area contributed by atoms with Gasteiger partial charge in [-0.25, -0.2) is 0 Å². The lowest BCUT2D eigenvalue weighted by atomic mass is 10.2. The zero-order chi connectivity index (χ0) is 11.5. The molecule has 3 unspecified atom stereocenters. The van der Waals surface area contributed by atoms with E-state index in [2.05, 4.69) is 38.2 Å². The minimum Gasteiger partial charge on any atom is -0.368 e. The van der Waals surface area contributed by atoms with Crippen molar-refractivity contribution in [2.24, 2.45) is 0 Å². The van der Waals surface area contributed by atoms with Crippen LogP contribution >= 0.6 is 11.3 Å². The Kier molecular flexibility index (Phi) is 4.00. The molecule has 3 atom stereocenters. The molecule has 1 fully saturated rings. The molecule has 0 radical (unpaired) electrons. The molecule has 0 aliphatic carbocycles. The second-order valence-electron chi connectivity index (χ2n) is 4.64. The van der Waals surface area contributed by atoms with E-state index in [1.165, 1.54) is 9.75 Å². The minimum absolute atomic E-state index is 0.241. The summed E-state index contributed by atoms with van der Waals surface area (Å²) in [5, 5.41) is 3.53. The van der Waals surface area contributed by atoms with Crippen LogP contribution in [-0.4, -0.2) is 18.7 Å². The number of thiophene rings is 1. The maximum Gasteiger partial charge on any atom is 0.104 e. The standard InChI is InChI=1S/C13H21NOS/c1-4-11-5-6-13(16-11)12-8-14-9(2)7-10(3)15-12/h5-6,9-10,12,14H,4,7-8H2,1-3H3. The first kappa shape index (κ1) is 12.1. The van der Waals surface area contributed by atoms with Crippen molar-refractivity contribution in [1.29, 1.82) is 0 Å². The fourth-order valence-corrected chi connectivity index (χ4v) is 3.19. The van der Waals surface area contributed by atoms with Crippen molar-refractivity contribution in [3.63, 3.8) is 0 Å². The third kappa shape index (κ3) is 2.84. The predicted octanol–water partition coefficient (Wildman–Crippen LogP) is 3.14. The average Bonchev–Trinajstić information content (AvgIpc) is 2.66. The van der Waals surface area contributed by atoms with Crippen molar-refractivity contribution in [3.05, 3.63) is 21.9 Å². The smallest absolute Gasteiger partial charge is 0.104 e. The first-order valence-electron chi connectivity index (χ1n) is 6.16. The van der Waals surface area contributed by atoms with Crippen LogP contribution in [0.4, 0.5) is 0 Å². The second-order valence-corrected chi connectivity index (χ2v) is 5.84. The number of hydrogen-bond donors (Lipinski definition) is 1. The summed E-state index contributed by atoms with van der Waals surface area (Å²) in [6, 6.07) is 5.01. The van der Waals surface area contributed by atoms with Crippen LogP contribution in [0, 0.1) is 0 Å². The van der Waals surface area contributed by atoms with Crippen molar-refractivity contribution >= 4 is 11.3 Å². The van der Waals surface area contributed by atoms with E-state index in [4.69, 9.17) is 4.74 Å². The number of rotatable bonds is 2. The van der Waals surface area contributed by atoms with E-state index in [1.807, 2.05) is 11.3 Å². The maximum atomic E-state index is 6.07. The molecule has 2 heterocycles. The lowest BCUT2D eigenvalue weighted by Gasteiger charge is -2.16. The highest BCUT2D eigenvalue weighted by molar-refractivity contribution is 7.12. The lowest BCUT2D eigenvalue weighted by molar-refractivity contribution is 0.00912. The third-order valence-corrected chi connectivity index (χ3v) is 4.40. The molecule has 1 aliphatic heterocycles. The highest BCUT2D eigenvalue weighted by atomic mass is 32.1. The van der Waals surface area contributed by atoms with Crippen molar-refractivity contribution in [3.8, 4) is 0 Å². The van der Waals surface area contributed by atoms with Crippen LogP contribution in [0.1, 0.15) is 43.1 Å². The van der Waals surface area contributed by atoms with Crippen molar-refractivity contribution in [1.82, 2.24) is 5.32 Å². The Morgan fingerprint density at radius 2 is 2.25 bits per heavy atom. The number of aryl methyl sites for hydroxylation is 1. The van der Waals surface area contributed by atoms with Gasteiger partial charge < -0.3 is 10.1 Å². The van der Waals surface area contributed by atoms with Crippen LogP contribution in [0.2, 0.25) is 0 Å². The largest absolute Gasteiger partial charge is 0.368 e. The van der Waals surface area contributed by atoms with Crippen LogP contribution < -0.4 is 5.32 Å². The summed E-state index contributed by atoms with van der Waals surface area (Å²) >= 11 is 1.89. The van der Waals surface area contributed by atoms with Crippen LogP contribution in [-0.2, 0) is 11.2 Å². The quantitative estimate of drug-likeness (QED) is 0.856. The Morgan fingerprint density at radius 3 is 2.94 bits per heavy atom. The summed E-state index contributed by atoms with van der Waals surface area (Å²) in [6.45, 7) is 7.54. The summed E-state index contributed by atoms with van der Waals surface area (Å²) in [5.41, 5.74) is 0. The Labute approximate surface area is 102 Å². The number of hydrogen-bond acceptors (Lipinski definition) is 3. The van der Waals surface area contributed by atoms with E-state index in [0.29, 0.717) is 12.1 Å². The summed E-state index contributed by atoms with van der Waals surface area (Å²) in [6.07, 6.45) is 2.81. The molecule has 1 N–H and O–H groups in total. The van der Waals surface area contributed by atoms with Gasteiger partial charge in [-0.15, -0.1) is 11.3 Å². The first-order chi connectivity index (χ1) is 7.69. The molecule has 90 valence electrons. The van der Waals surface area contributed by atoms with E-state index in [-0.39, 0.29) is 6.10 Å². The number of nitrogens with one attached hydrogen (secondary N) is 1. The SMILES string of the molecule is CCc1ccc(C2CNC(C)CC(C)O2)s1. The molecular formula is C13H21NOS. The van der Waals surface area contributed by atoms with Crippen molar-refractivity contribution < 1.29 is 4.74 Å². The van der Waals surface area contributed by atoms with Crippen LogP contribution in [0.15, 0.2) is 12.1 Å². The summed E-state index contributed by atoms with van der Waals surface area (Å²) in [4.78, 5) is 2.81. The molecular weight excluding hydrogens is 218 g/mol. The Bertz CT molecular complexity index is 336. The maximum absolute atomic E-state index is 6.07. The van der Waals surface area contributed by atoms with Crippen LogP contribution in [0.25, 0.3) is 0 Å². The van der Waals surface area contributed by atoms with Gasteiger partial charge in [-0.2, -0.15) is 0 Å². The molecule has 0 amide bonds.